The third-order valence-electron chi connectivity index (χ3n) is 4.26. The Bertz CT molecular complexity index is 715. The van der Waals surface area contributed by atoms with E-state index in [0.29, 0.717) is 6.42 Å². The topological polar surface area (TPSA) is 118 Å². The van der Waals surface area contributed by atoms with Crippen molar-refractivity contribution in [2.24, 2.45) is 11.8 Å². The van der Waals surface area contributed by atoms with Gasteiger partial charge < -0.3 is 20.1 Å². The number of amides is 2. The summed E-state index contributed by atoms with van der Waals surface area (Å²) in [6.07, 6.45) is -0.303. The smallest absolute Gasteiger partial charge is 0.408 e. The lowest BCUT2D eigenvalue weighted by Crippen LogP contribution is -2.54. The Morgan fingerprint density at radius 3 is 2.31 bits per heavy atom. The van der Waals surface area contributed by atoms with Gasteiger partial charge in [0.25, 0.3) is 0 Å². The summed E-state index contributed by atoms with van der Waals surface area (Å²) in [6, 6.07) is 9.28. The summed E-state index contributed by atoms with van der Waals surface area (Å²) in [4.78, 5) is 37.0. The highest BCUT2D eigenvalue weighted by atomic mass is 16.5. The first-order chi connectivity index (χ1) is 13.8. The first-order valence-corrected chi connectivity index (χ1v) is 9.50. The zero-order chi connectivity index (χ0) is 21.8. The van der Waals surface area contributed by atoms with E-state index in [-0.39, 0.29) is 18.9 Å². The van der Waals surface area contributed by atoms with Gasteiger partial charge in [0.05, 0.1) is 13.2 Å². The number of nitrogens with one attached hydrogen (secondary N) is 2. The number of rotatable bonds is 10. The molecule has 0 fully saturated rings. The van der Waals surface area contributed by atoms with Crippen LogP contribution in [-0.4, -0.2) is 37.2 Å². The van der Waals surface area contributed by atoms with Crippen LogP contribution in [0.15, 0.2) is 30.3 Å². The Morgan fingerprint density at radius 1 is 1.10 bits per heavy atom. The highest BCUT2D eigenvalue weighted by Gasteiger charge is 2.31. The largest absolute Gasteiger partial charge is 0.467 e. The van der Waals surface area contributed by atoms with Crippen LogP contribution in [0.5, 0.6) is 0 Å². The first-order valence-electron chi connectivity index (χ1n) is 9.50. The summed E-state index contributed by atoms with van der Waals surface area (Å²) >= 11 is 0. The average Bonchev–Trinajstić information content (AvgIpc) is 2.69. The molecule has 1 aromatic carbocycles. The van der Waals surface area contributed by atoms with E-state index in [0.717, 1.165) is 5.56 Å². The highest BCUT2D eigenvalue weighted by molar-refractivity contribution is 5.89. The highest BCUT2D eigenvalue weighted by Crippen LogP contribution is 2.12. The first kappa shape index (κ1) is 24.0. The van der Waals surface area contributed by atoms with Gasteiger partial charge >= 0.3 is 12.1 Å². The van der Waals surface area contributed by atoms with Crippen molar-refractivity contribution in [3.63, 3.8) is 0 Å². The molecule has 1 rings (SSSR count). The Kier molecular flexibility index (Phi) is 10.2. The lowest BCUT2D eigenvalue weighted by Gasteiger charge is -2.25. The van der Waals surface area contributed by atoms with Crippen LogP contribution in [0.3, 0.4) is 0 Å². The third kappa shape index (κ3) is 8.64. The molecule has 158 valence electrons. The van der Waals surface area contributed by atoms with E-state index >= 15 is 0 Å². The minimum absolute atomic E-state index is 0.0709. The van der Waals surface area contributed by atoms with Gasteiger partial charge in [-0.2, -0.15) is 5.26 Å². The van der Waals surface area contributed by atoms with Crippen LogP contribution in [-0.2, 0) is 25.7 Å². The summed E-state index contributed by atoms with van der Waals surface area (Å²) in [7, 11) is 1.21. The van der Waals surface area contributed by atoms with Crippen LogP contribution >= 0.6 is 0 Å². The van der Waals surface area contributed by atoms with Crippen LogP contribution in [0.2, 0.25) is 0 Å². The van der Waals surface area contributed by atoms with E-state index in [9.17, 15) is 14.4 Å². The Hall–Kier alpha value is -3.08. The van der Waals surface area contributed by atoms with Crippen LogP contribution in [0.4, 0.5) is 4.79 Å². The lowest BCUT2D eigenvalue weighted by atomic mass is 9.97. The second-order valence-corrected chi connectivity index (χ2v) is 7.24. The molecule has 0 saturated carbocycles. The molecule has 0 bridgehead atoms. The van der Waals surface area contributed by atoms with Crippen molar-refractivity contribution < 1.29 is 23.9 Å². The second kappa shape index (κ2) is 12.4. The maximum absolute atomic E-state index is 12.8. The van der Waals surface area contributed by atoms with E-state index < -0.39 is 36.0 Å². The van der Waals surface area contributed by atoms with Gasteiger partial charge in [-0.15, -0.1) is 0 Å². The molecule has 0 saturated heterocycles. The minimum atomic E-state index is -0.982. The van der Waals surface area contributed by atoms with Crippen LogP contribution in [0.25, 0.3) is 0 Å². The van der Waals surface area contributed by atoms with Crippen molar-refractivity contribution in [2.45, 2.75) is 52.3 Å². The van der Waals surface area contributed by atoms with Crippen molar-refractivity contribution >= 4 is 18.0 Å². The van der Waals surface area contributed by atoms with E-state index in [1.807, 2.05) is 50.2 Å². The number of methoxy groups -OCH3 is 1. The van der Waals surface area contributed by atoms with Gasteiger partial charge in [0, 0.05) is 12.3 Å². The normalized spacial score (nSPS) is 13.5. The minimum Gasteiger partial charge on any atom is -0.467 e. The van der Waals surface area contributed by atoms with E-state index in [1.165, 1.54) is 7.11 Å². The van der Waals surface area contributed by atoms with E-state index in [4.69, 9.17) is 14.7 Å². The fourth-order valence-electron chi connectivity index (χ4n) is 2.69. The van der Waals surface area contributed by atoms with Crippen molar-refractivity contribution in [1.82, 2.24) is 10.6 Å². The number of nitriles is 1. The molecule has 3 atom stereocenters. The third-order valence-corrected chi connectivity index (χ3v) is 4.26. The average molecular weight is 403 g/mol. The molecule has 2 amide bonds. The Balaban J connectivity index is 2.78. The fraction of sp³-hybridized carbons (Fsp3) is 0.524. The lowest BCUT2D eigenvalue weighted by molar-refractivity contribution is -0.146. The summed E-state index contributed by atoms with van der Waals surface area (Å²) in [5.41, 5.74) is 0.823. The molecule has 0 aromatic heterocycles. The zero-order valence-corrected chi connectivity index (χ0v) is 17.3. The number of esters is 1. The molecule has 0 aliphatic carbocycles. The SMILES string of the molecule is COC(=O)[C@@H](NC(=O)[C@H](CC(C)C)NC(=O)OCc1ccccc1)[C@@H](C)CC#N. The summed E-state index contributed by atoms with van der Waals surface area (Å²) < 4.78 is 9.92. The standard InChI is InChI=1S/C21H29N3O5/c1-14(2)12-17(23-21(27)29-13-16-8-6-5-7-9-16)19(25)24-18(20(26)28-4)15(3)10-11-22/h5-9,14-15,17-18H,10,12-13H2,1-4H3,(H,23,27)(H,24,25)/t15-,17-,18-/m0/s1. The van der Waals surface area contributed by atoms with Crippen LogP contribution < -0.4 is 10.6 Å². The summed E-state index contributed by atoms with van der Waals surface area (Å²) in [6.45, 7) is 5.57. The van der Waals surface area contributed by atoms with Gasteiger partial charge in [0.1, 0.15) is 18.7 Å². The maximum atomic E-state index is 12.8. The van der Waals surface area contributed by atoms with Gasteiger partial charge in [-0.25, -0.2) is 9.59 Å². The van der Waals surface area contributed by atoms with Gasteiger partial charge in [0.15, 0.2) is 0 Å². The predicted octanol–water partition coefficient (Wildman–Crippen LogP) is 2.54. The molecule has 0 unspecified atom stereocenters. The zero-order valence-electron chi connectivity index (χ0n) is 17.3. The molecule has 8 nitrogen and oxygen atoms in total. The Morgan fingerprint density at radius 2 is 1.76 bits per heavy atom. The molecule has 29 heavy (non-hydrogen) atoms. The number of ether oxygens (including phenoxy) is 2. The number of carbonyl (C=O) groups excluding carboxylic acids is 3. The number of benzene rings is 1. The Labute approximate surface area is 171 Å². The molecular formula is C21H29N3O5. The van der Waals surface area contributed by atoms with Gasteiger partial charge in [-0.1, -0.05) is 51.1 Å². The quantitative estimate of drug-likeness (QED) is 0.580. The van der Waals surface area contributed by atoms with Crippen molar-refractivity contribution in [2.75, 3.05) is 7.11 Å². The number of carbonyl (C=O) groups is 3. The molecule has 8 heteroatoms. The maximum Gasteiger partial charge on any atom is 0.408 e. The number of hydrogen-bond acceptors (Lipinski definition) is 6. The van der Waals surface area contributed by atoms with Crippen molar-refractivity contribution in [3.8, 4) is 6.07 Å². The monoisotopic (exact) mass is 403 g/mol. The number of alkyl carbamates (subject to hydrolysis) is 1. The van der Waals surface area contributed by atoms with E-state index in [1.54, 1.807) is 6.92 Å². The van der Waals surface area contributed by atoms with E-state index in [2.05, 4.69) is 10.6 Å². The van der Waals surface area contributed by atoms with Gasteiger partial charge in [0.2, 0.25) is 5.91 Å². The molecule has 1 aromatic rings. The number of hydrogen-bond donors (Lipinski definition) is 2. The molecular weight excluding hydrogens is 374 g/mol. The summed E-state index contributed by atoms with van der Waals surface area (Å²) in [5, 5.41) is 14.0. The van der Waals surface area contributed by atoms with Gasteiger partial charge in [-0.05, 0) is 17.9 Å². The fourth-order valence-corrected chi connectivity index (χ4v) is 2.69. The molecule has 0 spiro atoms. The second-order valence-electron chi connectivity index (χ2n) is 7.24. The molecule has 0 aliphatic rings. The van der Waals surface area contributed by atoms with Crippen molar-refractivity contribution in [1.29, 1.82) is 5.26 Å². The molecule has 2 N–H and O–H groups in total. The predicted molar refractivity (Wildman–Crippen MR) is 106 cm³/mol. The van der Waals surface area contributed by atoms with Crippen LogP contribution in [0, 0.1) is 23.2 Å². The van der Waals surface area contributed by atoms with Crippen LogP contribution in [0.1, 0.15) is 39.2 Å². The van der Waals surface area contributed by atoms with Crippen molar-refractivity contribution in [3.05, 3.63) is 35.9 Å². The molecule has 0 aliphatic heterocycles. The summed E-state index contributed by atoms with van der Waals surface area (Å²) in [5.74, 6) is -1.51. The molecule has 0 heterocycles. The number of nitrogens with zero attached hydrogens (tertiary/aromatic N) is 1. The van der Waals surface area contributed by atoms with Gasteiger partial charge in [-0.3, -0.25) is 4.79 Å². The molecule has 0 radical (unpaired) electrons.